The highest BCUT2D eigenvalue weighted by Crippen LogP contribution is 2.03. The van der Waals surface area contributed by atoms with E-state index in [1.54, 1.807) is 0 Å². The van der Waals surface area contributed by atoms with Gasteiger partial charge in [-0.05, 0) is 17.7 Å². The van der Waals surface area contributed by atoms with Crippen molar-refractivity contribution in [3.8, 4) is 0 Å². The Labute approximate surface area is 99.8 Å². The fourth-order valence-electron chi connectivity index (χ4n) is 1.23. The van der Waals surface area contributed by atoms with Crippen LogP contribution < -0.4 is 5.32 Å². The van der Waals surface area contributed by atoms with Gasteiger partial charge in [-0.2, -0.15) is 0 Å². The molecule has 1 aromatic rings. The maximum absolute atomic E-state index is 12.6. The molecule has 1 aromatic carbocycles. The van der Waals surface area contributed by atoms with E-state index in [1.807, 2.05) is 0 Å². The molecule has 0 spiro atoms. The first-order chi connectivity index (χ1) is 7.87. The quantitative estimate of drug-likeness (QED) is 0.839. The van der Waals surface area contributed by atoms with E-state index >= 15 is 0 Å². The van der Waals surface area contributed by atoms with Crippen LogP contribution in [0.25, 0.3) is 0 Å². The topological polar surface area (TPSA) is 63.2 Å². The van der Waals surface area contributed by atoms with E-state index in [0.717, 1.165) is 6.26 Å². The van der Waals surface area contributed by atoms with Gasteiger partial charge in [-0.1, -0.05) is 12.1 Å². The first-order valence-corrected chi connectivity index (χ1v) is 7.12. The molecule has 1 amide bonds. The summed E-state index contributed by atoms with van der Waals surface area (Å²) in [5.74, 6) is -0.714. The van der Waals surface area contributed by atoms with Crippen molar-refractivity contribution in [1.29, 1.82) is 0 Å². The molecular formula is C11H14FNO3S. The average Bonchev–Trinajstić information content (AvgIpc) is 2.19. The molecule has 0 aromatic heterocycles. The van der Waals surface area contributed by atoms with Gasteiger partial charge in [0.25, 0.3) is 0 Å². The van der Waals surface area contributed by atoms with E-state index < -0.39 is 9.84 Å². The third-order valence-electron chi connectivity index (χ3n) is 2.07. The molecule has 0 radical (unpaired) electrons. The first-order valence-electron chi connectivity index (χ1n) is 5.06. The summed E-state index contributed by atoms with van der Waals surface area (Å²) in [5, 5.41) is 2.49. The lowest BCUT2D eigenvalue weighted by atomic mass is 10.1. The lowest BCUT2D eigenvalue weighted by Gasteiger charge is -2.04. The normalized spacial score (nSPS) is 11.2. The van der Waals surface area contributed by atoms with Gasteiger partial charge in [-0.3, -0.25) is 4.79 Å². The van der Waals surface area contributed by atoms with Crippen LogP contribution in [0.2, 0.25) is 0 Å². The third kappa shape index (κ3) is 6.01. The molecule has 17 heavy (non-hydrogen) atoms. The van der Waals surface area contributed by atoms with Crippen molar-refractivity contribution in [2.75, 3.05) is 18.6 Å². The Balaban J connectivity index is 2.37. The predicted molar refractivity (Wildman–Crippen MR) is 62.8 cm³/mol. The lowest BCUT2D eigenvalue weighted by molar-refractivity contribution is -0.120. The molecule has 0 aliphatic rings. The predicted octanol–water partition coefficient (Wildman–Crippen LogP) is 0.529. The minimum absolute atomic E-state index is 0.0812. The maximum Gasteiger partial charge on any atom is 0.224 e. The molecule has 4 nitrogen and oxygen atoms in total. The van der Waals surface area contributed by atoms with Gasteiger partial charge in [0.05, 0.1) is 12.2 Å². The highest BCUT2D eigenvalue weighted by molar-refractivity contribution is 7.90. The Morgan fingerprint density at radius 3 is 2.41 bits per heavy atom. The van der Waals surface area contributed by atoms with E-state index in [0.29, 0.717) is 5.56 Å². The largest absolute Gasteiger partial charge is 0.355 e. The summed E-state index contributed by atoms with van der Waals surface area (Å²) < 4.78 is 34.2. The van der Waals surface area contributed by atoms with E-state index in [2.05, 4.69) is 5.32 Å². The smallest absolute Gasteiger partial charge is 0.224 e. The highest BCUT2D eigenvalue weighted by Gasteiger charge is 2.05. The minimum atomic E-state index is -3.06. The van der Waals surface area contributed by atoms with Crippen molar-refractivity contribution in [3.63, 3.8) is 0 Å². The van der Waals surface area contributed by atoms with Crippen molar-refractivity contribution >= 4 is 15.7 Å². The molecule has 0 bridgehead atoms. The molecule has 1 rings (SSSR count). The van der Waals surface area contributed by atoms with Crippen LogP contribution in [0, 0.1) is 5.82 Å². The van der Waals surface area contributed by atoms with Crippen molar-refractivity contribution in [2.45, 2.75) is 6.42 Å². The fourth-order valence-corrected chi connectivity index (χ4v) is 1.70. The Hall–Kier alpha value is -1.43. The van der Waals surface area contributed by atoms with E-state index in [9.17, 15) is 17.6 Å². The van der Waals surface area contributed by atoms with Crippen LogP contribution >= 0.6 is 0 Å². The molecule has 1 N–H and O–H groups in total. The molecular weight excluding hydrogens is 245 g/mol. The second-order valence-corrected chi connectivity index (χ2v) is 6.04. The number of nitrogens with one attached hydrogen (secondary N) is 1. The number of rotatable bonds is 5. The van der Waals surface area contributed by atoms with E-state index in [1.165, 1.54) is 24.3 Å². The summed E-state index contributed by atoms with van der Waals surface area (Å²) in [6.07, 6.45) is 1.23. The molecule has 0 fully saturated rings. The van der Waals surface area contributed by atoms with Gasteiger partial charge < -0.3 is 5.32 Å². The van der Waals surface area contributed by atoms with Crippen LogP contribution in [0.4, 0.5) is 4.39 Å². The molecule has 6 heteroatoms. The number of carbonyl (C=O) groups is 1. The zero-order chi connectivity index (χ0) is 12.9. The number of carbonyl (C=O) groups excluding carboxylic acids is 1. The molecule has 0 heterocycles. The molecule has 0 atom stereocenters. The molecule has 0 aliphatic carbocycles. The Bertz CT molecular complexity index is 482. The number of hydrogen-bond donors (Lipinski definition) is 1. The summed E-state index contributed by atoms with van der Waals surface area (Å²) in [6.45, 7) is 0.0961. The maximum atomic E-state index is 12.6. The zero-order valence-electron chi connectivity index (χ0n) is 9.44. The average molecular weight is 259 g/mol. The van der Waals surface area contributed by atoms with Crippen LogP contribution in [0.15, 0.2) is 24.3 Å². The van der Waals surface area contributed by atoms with Gasteiger partial charge in [0.1, 0.15) is 15.7 Å². The Morgan fingerprint density at radius 2 is 1.88 bits per heavy atom. The summed E-state index contributed by atoms with van der Waals surface area (Å²) in [6, 6.07) is 5.59. The van der Waals surface area contributed by atoms with Gasteiger partial charge in [0.2, 0.25) is 5.91 Å². The van der Waals surface area contributed by atoms with Crippen molar-refractivity contribution in [3.05, 3.63) is 35.6 Å². The summed E-state index contributed by atoms with van der Waals surface area (Å²) in [4.78, 5) is 11.4. The standard InChI is InChI=1S/C11H14FNO3S/c1-17(15,16)7-6-13-11(14)8-9-2-4-10(12)5-3-9/h2-5H,6-8H2,1H3,(H,13,14). The highest BCUT2D eigenvalue weighted by atomic mass is 32.2. The van der Waals surface area contributed by atoms with Gasteiger partial charge in [-0.15, -0.1) is 0 Å². The first kappa shape index (κ1) is 13.6. The monoisotopic (exact) mass is 259 g/mol. The minimum Gasteiger partial charge on any atom is -0.355 e. The molecule has 0 saturated carbocycles. The molecule has 94 valence electrons. The van der Waals surface area contributed by atoms with Crippen LogP contribution in [-0.4, -0.2) is 32.9 Å². The van der Waals surface area contributed by atoms with Crippen molar-refractivity contribution in [1.82, 2.24) is 5.32 Å². The number of halogens is 1. The Kier molecular flexibility index (Phi) is 4.62. The lowest BCUT2D eigenvalue weighted by Crippen LogP contribution is -2.29. The molecule has 0 saturated heterocycles. The van der Waals surface area contributed by atoms with E-state index in [4.69, 9.17) is 0 Å². The van der Waals surface area contributed by atoms with Gasteiger partial charge >= 0.3 is 0 Å². The Morgan fingerprint density at radius 1 is 1.29 bits per heavy atom. The number of hydrogen-bond acceptors (Lipinski definition) is 3. The number of benzene rings is 1. The SMILES string of the molecule is CS(=O)(=O)CCNC(=O)Cc1ccc(F)cc1. The molecule has 0 unspecified atom stereocenters. The van der Waals surface area contributed by atoms with Gasteiger partial charge in [-0.25, -0.2) is 12.8 Å². The van der Waals surface area contributed by atoms with Crippen molar-refractivity contribution < 1.29 is 17.6 Å². The van der Waals surface area contributed by atoms with Gasteiger partial charge in [0, 0.05) is 12.8 Å². The second kappa shape index (κ2) is 5.77. The van der Waals surface area contributed by atoms with Crippen LogP contribution in [0.5, 0.6) is 0 Å². The fraction of sp³-hybridized carbons (Fsp3) is 0.364. The van der Waals surface area contributed by atoms with E-state index in [-0.39, 0.29) is 30.4 Å². The van der Waals surface area contributed by atoms with Crippen molar-refractivity contribution in [2.24, 2.45) is 0 Å². The zero-order valence-corrected chi connectivity index (χ0v) is 10.3. The van der Waals surface area contributed by atoms with Crippen LogP contribution in [0.1, 0.15) is 5.56 Å². The summed E-state index contributed by atoms with van der Waals surface area (Å²) >= 11 is 0. The summed E-state index contributed by atoms with van der Waals surface area (Å²) in [7, 11) is -3.06. The van der Waals surface area contributed by atoms with Crippen LogP contribution in [-0.2, 0) is 21.1 Å². The molecule has 0 aliphatic heterocycles. The second-order valence-electron chi connectivity index (χ2n) is 3.78. The van der Waals surface area contributed by atoms with Crippen LogP contribution in [0.3, 0.4) is 0 Å². The number of amides is 1. The number of sulfone groups is 1. The summed E-state index contributed by atoms with van der Waals surface area (Å²) in [5.41, 5.74) is 0.684. The third-order valence-corrected chi connectivity index (χ3v) is 3.02. The van der Waals surface area contributed by atoms with Gasteiger partial charge in [0.15, 0.2) is 0 Å².